The molecule has 4 rings (SSSR count). The minimum absolute atomic E-state index is 0.0553. The van der Waals surface area contributed by atoms with Crippen molar-refractivity contribution in [2.75, 3.05) is 19.7 Å². The Morgan fingerprint density at radius 2 is 1.96 bits per heavy atom. The molecule has 122 valence electrons. The van der Waals surface area contributed by atoms with Gasteiger partial charge in [0.15, 0.2) is 0 Å². The van der Waals surface area contributed by atoms with E-state index in [1.54, 1.807) is 29.2 Å². The molecule has 5 nitrogen and oxygen atoms in total. The summed E-state index contributed by atoms with van der Waals surface area (Å²) in [7, 11) is 0. The Balaban J connectivity index is 1.54. The van der Waals surface area contributed by atoms with Crippen LogP contribution in [0.5, 0.6) is 0 Å². The number of nitrogens with zero attached hydrogens (tertiary/aromatic N) is 3. The van der Waals surface area contributed by atoms with E-state index in [2.05, 4.69) is 8.75 Å². The molecule has 0 saturated carbocycles. The van der Waals surface area contributed by atoms with Crippen molar-refractivity contribution in [3.8, 4) is 0 Å². The van der Waals surface area contributed by atoms with E-state index in [1.165, 1.54) is 12.1 Å². The summed E-state index contributed by atoms with van der Waals surface area (Å²) in [4.78, 5) is 14.5. The number of carbonyl (C=O) groups is 1. The molecule has 3 aromatic rings. The summed E-state index contributed by atoms with van der Waals surface area (Å²) < 4.78 is 27.1. The molecular weight excluding hydrogens is 329 g/mol. The van der Waals surface area contributed by atoms with Gasteiger partial charge in [0.1, 0.15) is 23.0 Å². The topological polar surface area (TPSA) is 55.3 Å². The highest BCUT2D eigenvalue weighted by atomic mass is 32.1. The number of halogens is 1. The molecule has 7 heteroatoms. The van der Waals surface area contributed by atoms with Crippen molar-refractivity contribution in [3.05, 3.63) is 59.4 Å². The van der Waals surface area contributed by atoms with Gasteiger partial charge >= 0.3 is 0 Å². The standard InChI is InChI=1S/C17H14FN3O2S/c18-13-4-1-11(2-5-13)16-10-21(7-8-23-16)17(22)12-3-6-14-15(9-12)20-24-19-14/h1-6,9,16H,7-8,10H2. The minimum atomic E-state index is -0.285. The molecule has 1 saturated heterocycles. The van der Waals surface area contributed by atoms with E-state index < -0.39 is 0 Å². The second-order valence-electron chi connectivity index (χ2n) is 5.63. The predicted octanol–water partition coefficient (Wildman–Crippen LogP) is 3.04. The van der Waals surface area contributed by atoms with Crippen molar-refractivity contribution in [3.63, 3.8) is 0 Å². The normalized spacial score (nSPS) is 18.0. The van der Waals surface area contributed by atoms with Crippen molar-refractivity contribution in [2.45, 2.75) is 6.10 Å². The Morgan fingerprint density at radius 3 is 2.79 bits per heavy atom. The highest BCUT2D eigenvalue weighted by Gasteiger charge is 2.26. The zero-order valence-corrected chi connectivity index (χ0v) is 13.5. The number of hydrogen-bond donors (Lipinski definition) is 0. The van der Waals surface area contributed by atoms with Crippen LogP contribution < -0.4 is 0 Å². The summed E-state index contributed by atoms with van der Waals surface area (Å²) in [6, 6.07) is 11.6. The van der Waals surface area contributed by atoms with Crippen LogP contribution in [-0.4, -0.2) is 39.3 Å². The van der Waals surface area contributed by atoms with Crippen molar-refractivity contribution in [1.82, 2.24) is 13.6 Å². The maximum atomic E-state index is 13.1. The monoisotopic (exact) mass is 343 g/mol. The van der Waals surface area contributed by atoms with Crippen LogP contribution in [0, 0.1) is 5.82 Å². The van der Waals surface area contributed by atoms with Crippen LogP contribution in [-0.2, 0) is 4.74 Å². The average molecular weight is 343 g/mol. The molecule has 1 aromatic heterocycles. The molecule has 1 fully saturated rings. The summed E-state index contributed by atoms with van der Waals surface area (Å²) in [6.07, 6.45) is -0.243. The molecule has 0 bridgehead atoms. The van der Waals surface area contributed by atoms with Gasteiger partial charge in [-0.15, -0.1) is 0 Å². The smallest absolute Gasteiger partial charge is 0.254 e. The summed E-state index contributed by atoms with van der Waals surface area (Å²) in [5.41, 5.74) is 2.99. The van der Waals surface area contributed by atoms with Crippen molar-refractivity contribution < 1.29 is 13.9 Å². The van der Waals surface area contributed by atoms with Gasteiger partial charge in [-0.25, -0.2) is 4.39 Å². The van der Waals surface area contributed by atoms with Crippen molar-refractivity contribution in [1.29, 1.82) is 0 Å². The first-order valence-electron chi connectivity index (χ1n) is 7.59. The van der Waals surface area contributed by atoms with Crippen molar-refractivity contribution in [2.24, 2.45) is 0 Å². The van der Waals surface area contributed by atoms with Crippen LogP contribution in [0.25, 0.3) is 11.0 Å². The molecule has 1 atom stereocenters. The Kier molecular flexibility index (Phi) is 3.95. The molecular formula is C17H14FN3O2S. The van der Waals surface area contributed by atoms with Crippen LogP contribution in [0.1, 0.15) is 22.0 Å². The summed E-state index contributed by atoms with van der Waals surface area (Å²) in [6.45, 7) is 1.43. The molecule has 0 N–H and O–H groups in total. The van der Waals surface area contributed by atoms with E-state index in [1.807, 2.05) is 6.07 Å². The summed E-state index contributed by atoms with van der Waals surface area (Å²) in [5, 5.41) is 0. The lowest BCUT2D eigenvalue weighted by Crippen LogP contribution is -2.42. The van der Waals surface area contributed by atoms with E-state index in [9.17, 15) is 9.18 Å². The van der Waals surface area contributed by atoms with E-state index in [0.29, 0.717) is 25.3 Å². The fourth-order valence-electron chi connectivity index (χ4n) is 2.81. The van der Waals surface area contributed by atoms with Gasteiger partial charge in [-0.2, -0.15) is 8.75 Å². The van der Waals surface area contributed by atoms with E-state index in [0.717, 1.165) is 28.3 Å². The Hall–Kier alpha value is -2.38. The van der Waals surface area contributed by atoms with Crippen LogP contribution in [0.4, 0.5) is 4.39 Å². The largest absolute Gasteiger partial charge is 0.370 e. The molecule has 2 aromatic carbocycles. The first-order chi connectivity index (χ1) is 11.7. The molecule has 1 amide bonds. The molecule has 1 aliphatic heterocycles. The van der Waals surface area contributed by atoms with E-state index in [4.69, 9.17) is 4.74 Å². The number of rotatable bonds is 2. The Morgan fingerprint density at radius 1 is 1.17 bits per heavy atom. The van der Waals surface area contributed by atoms with Gasteiger partial charge in [-0.1, -0.05) is 12.1 Å². The van der Waals surface area contributed by atoms with Gasteiger partial charge in [-0.05, 0) is 35.9 Å². The van der Waals surface area contributed by atoms with Gasteiger partial charge in [0.25, 0.3) is 5.91 Å². The molecule has 1 aliphatic rings. The number of benzene rings is 2. The summed E-state index contributed by atoms with van der Waals surface area (Å²) >= 11 is 1.13. The molecule has 0 spiro atoms. The third-order valence-corrected chi connectivity index (χ3v) is 4.65. The molecule has 0 radical (unpaired) electrons. The van der Waals surface area contributed by atoms with Crippen LogP contribution in [0.2, 0.25) is 0 Å². The SMILES string of the molecule is O=C(c1ccc2nsnc2c1)N1CCOC(c2ccc(F)cc2)C1. The van der Waals surface area contributed by atoms with Gasteiger partial charge < -0.3 is 9.64 Å². The maximum Gasteiger partial charge on any atom is 0.254 e. The first kappa shape index (κ1) is 15.2. The Labute approximate surface area is 142 Å². The number of carbonyl (C=O) groups excluding carboxylic acids is 1. The highest BCUT2D eigenvalue weighted by Crippen LogP contribution is 2.24. The summed E-state index contributed by atoms with van der Waals surface area (Å²) in [5.74, 6) is -0.340. The predicted molar refractivity (Wildman–Crippen MR) is 88.4 cm³/mol. The zero-order valence-electron chi connectivity index (χ0n) is 12.7. The lowest BCUT2D eigenvalue weighted by molar-refractivity contribution is -0.0228. The number of aromatic nitrogens is 2. The van der Waals surface area contributed by atoms with Crippen LogP contribution >= 0.6 is 11.7 Å². The number of fused-ring (bicyclic) bond motifs is 1. The van der Waals surface area contributed by atoms with Gasteiger partial charge in [0, 0.05) is 12.1 Å². The number of hydrogen-bond acceptors (Lipinski definition) is 5. The second-order valence-corrected chi connectivity index (χ2v) is 6.16. The van der Waals surface area contributed by atoms with Crippen molar-refractivity contribution >= 4 is 28.7 Å². The number of ether oxygens (including phenoxy) is 1. The van der Waals surface area contributed by atoms with Gasteiger partial charge in [0.05, 0.1) is 24.9 Å². The third-order valence-electron chi connectivity index (χ3n) is 4.10. The lowest BCUT2D eigenvalue weighted by atomic mass is 10.1. The molecule has 0 aliphatic carbocycles. The zero-order chi connectivity index (χ0) is 16.5. The molecule has 1 unspecified atom stereocenters. The average Bonchev–Trinajstić information content (AvgIpc) is 3.09. The third kappa shape index (κ3) is 2.88. The van der Waals surface area contributed by atoms with Gasteiger partial charge in [0.2, 0.25) is 0 Å². The Bertz CT molecular complexity index is 881. The van der Waals surface area contributed by atoms with E-state index in [-0.39, 0.29) is 17.8 Å². The quantitative estimate of drug-likeness (QED) is 0.718. The molecule has 2 heterocycles. The number of morpholine rings is 1. The van der Waals surface area contributed by atoms with Crippen LogP contribution in [0.3, 0.4) is 0 Å². The minimum Gasteiger partial charge on any atom is -0.370 e. The highest BCUT2D eigenvalue weighted by molar-refractivity contribution is 7.00. The fourth-order valence-corrected chi connectivity index (χ4v) is 3.33. The van der Waals surface area contributed by atoms with E-state index >= 15 is 0 Å². The first-order valence-corrected chi connectivity index (χ1v) is 8.32. The van der Waals surface area contributed by atoms with Gasteiger partial charge in [-0.3, -0.25) is 4.79 Å². The fraction of sp³-hybridized carbons (Fsp3) is 0.235. The molecule has 24 heavy (non-hydrogen) atoms. The van der Waals surface area contributed by atoms with Crippen LogP contribution in [0.15, 0.2) is 42.5 Å². The number of amides is 1. The lowest BCUT2D eigenvalue weighted by Gasteiger charge is -2.33. The second kappa shape index (κ2) is 6.26. The maximum absolute atomic E-state index is 13.1.